The Kier molecular flexibility index (Phi) is 24.4. The van der Waals surface area contributed by atoms with Gasteiger partial charge in [-0.15, -0.1) is 0 Å². The highest BCUT2D eigenvalue weighted by Crippen LogP contribution is 2.41. The molecule has 1 saturated heterocycles. The first-order valence-corrected chi connectivity index (χ1v) is 21.1. The van der Waals surface area contributed by atoms with Gasteiger partial charge in [-0.3, -0.25) is 14.4 Å². The van der Waals surface area contributed by atoms with Crippen molar-refractivity contribution in [3.8, 4) is 0 Å². The second-order valence-corrected chi connectivity index (χ2v) is 17.1. The third kappa shape index (κ3) is 22.5. The number of ether oxygens (including phenoxy) is 2. The molecule has 2 aliphatic carbocycles. The number of aliphatic hydroxyl groups excluding tert-OH is 1. The van der Waals surface area contributed by atoms with Crippen molar-refractivity contribution in [3.63, 3.8) is 0 Å². The summed E-state index contributed by atoms with van der Waals surface area (Å²) >= 11 is 0. The summed E-state index contributed by atoms with van der Waals surface area (Å²) in [5, 5.41) is 8.81. The van der Waals surface area contributed by atoms with Crippen LogP contribution in [0.5, 0.6) is 0 Å². The van der Waals surface area contributed by atoms with Gasteiger partial charge in [-0.05, 0) is 128 Å². The molecule has 0 amide bonds. The molecule has 0 aromatic rings. The van der Waals surface area contributed by atoms with Crippen molar-refractivity contribution in [1.82, 2.24) is 0 Å². The predicted molar refractivity (Wildman–Crippen MR) is 240 cm³/mol. The molecule has 0 unspecified atom stereocenters. The zero-order chi connectivity index (χ0) is 43.7. The van der Waals surface area contributed by atoms with Crippen molar-refractivity contribution in [2.45, 2.75) is 153 Å². The number of carbonyl (C=O) groups excluding carboxylic acids is 4. The van der Waals surface area contributed by atoms with E-state index in [0.717, 1.165) is 11.1 Å². The fourth-order valence-electron chi connectivity index (χ4n) is 6.97. The summed E-state index contributed by atoms with van der Waals surface area (Å²) in [4.78, 5) is 42.9. The maximum absolute atomic E-state index is 11.6. The molecule has 0 atom stereocenters. The Morgan fingerprint density at radius 2 is 1.12 bits per heavy atom. The maximum Gasteiger partial charge on any atom is 0.313 e. The molecule has 0 saturated carbocycles. The van der Waals surface area contributed by atoms with E-state index in [2.05, 4.69) is 96.6 Å². The zero-order valence-electron chi connectivity index (χ0n) is 37.7. The van der Waals surface area contributed by atoms with E-state index in [1.807, 2.05) is 44.2 Å². The predicted octanol–water partition coefficient (Wildman–Crippen LogP) is 12.6. The van der Waals surface area contributed by atoms with Crippen molar-refractivity contribution in [3.05, 3.63) is 117 Å². The summed E-state index contributed by atoms with van der Waals surface area (Å²) in [6.45, 7) is 24.0. The van der Waals surface area contributed by atoms with E-state index in [4.69, 9.17) is 9.84 Å². The van der Waals surface area contributed by atoms with Crippen LogP contribution < -0.4 is 0 Å². The molecule has 7 heteroatoms. The third-order valence-electron chi connectivity index (χ3n) is 10.5. The molecule has 0 aromatic heterocycles. The first kappa shape index (κ1) is 51.7. The van der Waals surface area contributed by atoms with Gasteiger partial charge in [0.15, 0.2) is 0 Å². The van der Waals surface area contributed by atoms with Gasteiger partial charge in [0, 0.05) is 25.7 Å². The molecule has 1 fully saturated rings. The molecule has 1 N–H and O–H groups in total. The Bertz CT molecular complexity index is 1700. The lowest BCUT2D eigenvalue weighted by atomic mass is 9.72. The lowest BCUT2D eigenvalue weighted by molar-refractivity contribution is -0.163. The first-order valence-electron chi connectivity index (χ1n) is 21.1. The number of esters is 3. The van der Waals surface area contributed by atoms with E-state index in [1.54, 1.807) is 6.08 Å². The Balaban J connectivity index is 0.000000501. The summed E-state index contributed by atoms with van der Waals surface area (Å²) in [5.74, 6) is -0.927. The fraction of sp³-hybridized carbons (Fsp3) is 0.529. The SMILES string of the molecule is CC(=O)CCCC(=O)OC/C=C(C)/C=C/C=C(C)/C=C/C1=C(C)CCCC1(C)C.CC1=C(/C=C/C(C)=C/C=C/C(C)=C/CO)C(C)(C)CCC1.O=C1CCCC(=O)O1. The number of Topliss-reactive ketones (excluding diaryl/α,β-unsaturated/α-hetero) is 1. The normalized spacial score (nSPS) is 19.4. The van der Waals surface area contributed by atoms with Gasteiger partial charge < -0.3 is 19.4 Å². The van der Waals surface area contributed by atoms with Gasteiger partial charge in [0.1, 0.15) is 12.4 Å². The summed E-state index contributed by atoms with van der Waals surface area (Å²) in [6, 6.07) is 0. The van der Waals surface area contributed by atoms with Gasteiger partial charge in [0.25, 0.3) is 0 Å². The first-order chi connectivity index (χ1) is 27.3. The van der Waals surface area contributed by atoms with Crippen LogP contribution in [0.25, 0.3) is 0 Å². The molecule has 0 radical (unpaired) electrons. The van der Waals surface area contributed by atoms with Crippen LogP contribution in [0.2, 0.25) is 0 Å². The van der Waals surface area contributed by atoms with Gasteiger partial charge in [0.2, 0.25) is 0 Å². The molecule has 1 heterocycles. The second kappa shape index (κ2) is 27.4. The quantitative estimate of drug-likeness (QED) is 0.0998. The largest absolute Gasteiger partial charge is 0.461 e. The average molecular weight is 799 g/mol. The Morgan fingerprint density at radius 3 is 1.52 bits per heavy atom. The molecular weight excluding hydrogens is 725 g/mol. The topological polar surface area (TPSA) is 107 Å². The zero-order valence-corrected chi connectivity index (χ0v) is 37.7. The monoisotopic (exact) mass is 799 g/mol. The van der Waals surface area contributed by atoms with Crippen LogP contribution >= 0.6 is 0 Å². The Morgan fingerprint density at radius 1 is 0.655 bits per heavy atom. The van der Waals surface area contributed by atoms with Crippen LogP contribution in [0.1, 0.15) is 153 Å². The molecule has 58 heavy (non-hydrogen) atoms. The minimum Gasteiger partial charge on any atom is -0.461 e. The van der Waals surface area contributed by atoms with Crippen LogP contribution in [0, 0.1) is 10.8 Å². The number of aliphatic hydroxyl groups is 1. The minimum absolute atomic E-state index is 0.0985. The minimum atomic E-state index is -0.388. The molecule has 3 rings (SSSR count). The summed E-state index contributed by atoms with van der Waals surface area (Å²) in [6.07, 6.45) is 35.2. The average Bonchev–Trinajstić information content (AvgIpc) is 3.11. The molecule has 1 aliphatic heterocycles. The molecule has 3 aliphatic rings. The number of carbonyl (C=O) groups is 4. The van der Waals surface area contributed by atoms with Crippen LogP contribution in [-0.4, -0.2) is 42.0 Å². The van der Waals surface area contributed by atoms with Crippen molar-refractivity contribution >= 4 is 23.7 Å². The van der Waals surface area contributed by atoms with Gasteiger partial charge >= 0.3 is 17.9 Å². The van der Waals surface area contributed by atoms with E-state index < -0.39 is 0 Å². The van der Waals surface area contributed by atoms with E-state index in [-0.39, 0.29) is 42.3 Å². The van der Waals surface area contributed by atoms with Crippen molar-refractivity contribution in [2.24, 2.45) is 10.8 Å². The maximum atomic E-state index is 11.6. The van der Waals surface area contributed by atoms with E-state index >= 15 is 0 Å². The summed E-state index contributed by atoms with van der Waals surface area (Å²) in [5.41, 5.74) is 11.1. The van der Waals surface area contributed by atoms with Gasteiger partial charge in [-0.2, -0.15) is 0 Å². The smallest absolute Gasteiger partial charge is 0.313 e. The Hall–Kier alpha value is -4.36. The van der Waals surface area contributed by atoms with E-state index in [0.29, 0.717) is 43.9 Å². The molecule has 0 aromatic carbocycles. The number of ketones is 1. The van der Waals surface area contributed by atoms with Crippen LogP contribution in [-0.2, 0) is 28.7 Å². The van der Waals surface area contributed by atoms with Crippen molar-refractivity contribution in [1.29, 1.82) is 0 Å². The number of allylic oxidation sites excluding steroid dienone is 18. The van der Waals surface area contributed by atoms with Crippen LogP contribution in [0.15, 0.2) is 117 Å². The summed E-state index contributed by atoms with van der Waals surface area (Å²) < 4.78 is 9.37. The van der Waals surface area contributed by atoms with E-state index in [1.165, 1.54) is 78.9 Å². The molecule has 7 nitrogen and oxygen atoms in total. The number of hydrogen-bond acceptors (Lipinski definition) is 7. The number of hydrogen-bond donors (Lipinski definition) is 1. The molecule has 0 bridgehead atoms. The molecular formula is C51H74O7. The fourth-order valence-corrected chi connectivity index (χ4v) is 6.97. The van der Waals surface area contributed by atoms with Crippen LogP contribution in [0.3, 0.4) is 0 Å². The highest BCUT2D eigenvalue weighted by Gasteiger charge is 2.27. The standard InChI is InChI=1S/C26H38O3.C20H30O.C5H6O3/c1-20(15-16-24-22(3)12-9-18-26(24,5)6)10-7-11-21(2)17-19-29-25(28)14-8-13-23(4)27;1-16(8-6-9-17(2)13-15-21)11-12-19-18(3)10-7-14-20(19,4)5;6-4-2-1-3-5(7)8-4/h7,10-11,15-17H,8-9,12-14,18-19H2,1-6H3;6,8-9,11-13,21H,7,10,14-15H2,1-5H3;1-3H2/b11-7+,16-15+,20-10+,21-17+;9-6+,12-11+,16-8+,17-13+;. The van der Waals surface area contributed by atoms with Crippen LogP contribution in [0.4, 0.5) is 0 Å². The van der Waals surface area contributed by atoms with Crippen molar-refractivity contribution in [2.75, 3.05) is 13.2 Å². The second-order valence-electron chi connectivity index (χ2n) is 17.1. The highest BCUT2D eigenvalue weighted by molar-refractivity contribution is 5.87. The van der Waals surface area contributed by atoms with E-state index in [9.17, 15) is 19.2 Å². The number of cyclic esters (lactones) is 2. The third-order valence-corrected chi connectivity index (χ3v) is 10.5. The molecule has 320 valence electrons. The lowest BCUT2D eigenvalue weighted by Crippen LogP contribution is -2.19. The van der Waals surface area contributed by atoms with Gasteiger partial charge in [-0.1, -0.05) is 128 Å². The van der Waals surface area contributed by atoms with Crippen molar-refractivity contribution < 1.29 is 33.8 Å². The summed E-state index contributed by atoms with van der Waals surface area (Å²) in [7, 11) is 0. The van der Waals surface area contributed by atoms with Gasteiger partial charge in [-0.25, -0.2) is 0 Å². The highest BCUT2D eigenvalue weighted by atomic mass is 16.6. The molecule has 0 spiro atoms. The Labute approximate surface area is 351 Å². The van der Waals surface area contributed by atoms with Gasteiger partial charge in [0.05, 0.1) is 6.61 Å². The lowest BCUT2D eigenvalue weighted by Gasteiger charge is -2.33. The number of rotatable bonds is 15.